The first-order valence-corrected chi connectivity index (χ1v) is 8.69. The average molecular weight is 376 g/mol. The van der Waals surface area contributed by atoms with E-state index in [0.29, 0.717) is 22.8 Å². The molecule has 2 N–H and O–H groups in total. The van der Waals surface area contributed by atoms with Gasteiger partial charge in [-0.1, -0.05) is 30.3 Å². The van der Waals surface area contributed by atoms with Crippen LogP contribution < -0.4 is 15.6 Å². The van der Waals surface area contributed by atoms with Gasteiger partial charge in [-0.05, 0) is 55.8 Å². The molecule has 0 radical (unpaired) electrons. The van der Waals surface area contributed by atoms with E-state index < -0.39 is 11.8 Å². The Hall–Kier alpha value is -3.80. The molecular formula is C22H20N2O4. The van der Waals surface area contributed by atoms with Gasteiger partial charge in [-0.3, -0.25) is 20.4 Å². The molecule has 0 unspecified atom stereocenters. The molecule has 3 rings (SSSR count). The van der Waals surface area contributed by atoms with Gasteiger partial charge in [-0.15, -0.1) is 0 Å². The molecule has 6 heteroatoms. The van der Waals surface area contributed by atoms with Crippen LogP contribution in [-0.2, 0) is 4.79 Å². The van der Waals surface area contributed by atoms with Crippen LogP contribution in [0.4, 0.5) is 0 Å². The summed E-state index contributed by atoms with van der Waals surface area (Å²) >= 11 is 0. The summed E-state index contributed by atoms with van der Waals surface area (Å²) in [6.07, 6.45) is 2.96. The third-order valence-electron chi connectivity index (χ3n) is 3.85. The zero-order chi connectivity index (χ0) is 19.9. The number of para-hydroxylation sites is 1. The summed E-state index contributed by atoms with van der Waals surface area (Å²) in [6.45, 7) is 3.44. The molecular weight excluding hydrogens is 356 g/mol. The van der Waals surface area contributed by atoms with Crippen LogP contribution >= 0.6 is 0 Å². The van der Waals surface area contributed by atoms with Crippen molar-refractivity contribution in [2.24, 2.45) is 0 Å². The molecule has 0 saturated carbocycles. The lowest BCUT2D eigenvalue weighted by Crippen LogP contribution is -2.40. The molecule has 0 bridgehead atoms. The molecule has 2 aromatic carbocycles. The van der Waals surface area contributed by atoms with E-state index in [0.717, 1.165) is 11.3 Å². The van der Waals surface area contributed by atoms with Gasteiger partial charge in [-0.2, -0.15) is 0 Å². The summed E-state index contributed by atoms with van der Waals surface area (Å²) < 4.78 is 11.1. The van der Waals surface area contributed by atoms with Crippen molar-refractivity contribution < 1.29 is 18.7 Å². The van der Waals surface area contributed by atoms with Crippen molar-refractivity contribution in [3.8, 4) is 11.5 Å². The highest BCUT2D eigenvalue weighted by molar-refractivity contribution is 5.98. The van der Waals surface area contributed by atoms with Crippen LogP contribution in [0.15, 0.2) is 71.2 Å². The molecule has 0 atom stereocenters. The van der Waals surface area contributed by atoms with E-state index in [4.69, 9.17) is 9.15 Å². The lowest BCUT2D eigenvalue weighted by atomic mass is 10.2. The maximum atomic E-state index is 12.0. The molecule has 0 aliphatic rings. The largest absolute Gasteiger partial charge is 0.466 e. The number of benzene rings is 2. The fourth-order valence-electron chi connectivity index (χ4n) is 2.56. The molecule has 1 aromatic heterocycles. The third kappa shape index (κ3) is 5.11. The Morgan fingerprint density at radius 1 is 0.929 bits per heavy atom. The fourth-order valence-corrected chi connectivity index (χ4v) is 2.56. The smallest absolute Gasteiger partial charge is 0.273 e. The molecule has 28 heavy (non-hydrogen) atoms. The van der Waals surface area contributed by atoms with E-state index in [2.05, 4.69) is 10.9 Å². The first kappa shape index (κ1) is 19.0. The molecule has 0 aliphatic heterocycles. The summed E-state index contributed by atoms with van der Waals surface area (Å²) in [6, 6.07) is 18.4. The van der Waals surface area contributed by atoms with Crippen LogP contribution in [0.2, 0.25) is 0 Å². The van der Waals surface area contributed by atoms with Crippen LogP contribution in [0.25, 0.3) is 6.08 Å². The Morgan fingerprint density at radius 2 is 1.68 bits per heavy atom. The highest BCUT2D eigenvalue weighted by Crippen LogP contribution is 2.22. The van der Waals surface area contributed by atoms with Gasteiger partial charge in [0.1, 0.15) is 23.0 Å². The van der Waals surface area contributed by atoms with Crippen molar-refractivity contribution in [2.45, 2.75) is 13.8 Å². The number of ether oxygens (including phenoxy) is 1. The second kappa shape index (κ2) is 8.73. The Kier molecular flexibility index (Phi) is 5.91. The minimum Gasteiger partial charge on any atom is -0.466 e. The molecule has 142 valence electrons. The van der Waals surface area contributed by atoms with E-state index in [-0.39, 0.29) is 0 Å². The number of rotatable bonds is 5. The monoisotopic (exact) mass is 376 g/mol. The van der Waals surface area contributed by atoms with Crippen LogP contribution in [0.5, 0.6) is 11.5 Å². The number of carbonyl (C=O) groups excluding carboxylic acids is 2. The first-order valence-electron chi connectivity index (χ1n) is 8.69. The lowest BCUT2D eigenvalue weighted by Gasteiger charge is -2.06. The van der Waals surface area contributed by atoms with Gasteiger partial charge in [0, 0.05) is 6.08 Å². The number of hydrogen-bond donors (Lipinski definition) is 2. The molecule has 0 fully saturated rings. The second-order valence-corrected chi connectivity index (χ2v) is 6.09. The Labute approximate surface area is 162 Å². The van der Waals surface area contributed by atoms with Crippen LogP contribution in [0.3, 0.4) is 0 Å². The minimum atomic E-state index is -0.458. The molecule has 0 spiro atoms. The van der Waals surface area contributed by atoms with Crippen molar-refractivity contribution in [1.29, 1.82) is 0 Å². The van der Waals surface area contributed by atoms with Gasteiger partial charge >= 0.3 is 0 Å². The Bertz CT molecular complexity index is 1010. The predicted octanol–water partition coefficient (Wildman–Crippen LogP) is 4.16. The average Bonchev–Trinajstić information content (AvgIpc) is 3.04. The molecule has 2 amide bonds. The minimum absolute atomic E-state index is 0.382. The predicted molar refractivity (Wildman–Crippen MR) is 106 cm³/mol. The van der Waals surface area contributed by atoms with Gasteiger partial charge < -0.3 is 9.15 Å². The van der Waals surface area contributed by atoms with E-state index >= 15 is 0 Å². The number of amides is 2. The van der Waals surface area contributed by atoms with Gasteiger partial charge in [0.2, 0.25) is 0 Å². The zero-order valence-electron chi connectivity index (χ0n) is 15.6. The third-order valence-corrected chi connectivity index (χ3v) is 3.85. The molecule has 0 aliphatic carbocycles. The number of aryl methyl sites for hydroxylation is 2. The van der Waals surface area contributed by atoms with Gasteiger partial charge in [0.05, 0.1) is 5.56 Å². The quantitative estimate of drug-likeness (QED) is 0.517. The second-order valence-electron chi connectivity index (χ2n) is 6.09. The Morgan fingerprint density at radius 3 is 2.39 bits per heavy atom. The van der Waals surface area contributed by atoms with Gasteiger partial charge in [-0.25, -0.2) is 0 Å². The Balaban J connectivity index is 1.56. The maximum Gasteiger partial charge on any atom is 0.273 e. The van der Waals surface area contributed by atoms with Crippen molar-refractivity contribution >= 4 is 17.9 Å². The number of nitrogens with one attached hydrogen (secondary N) is 2. The fraction of sp³-hybridized carbons (Fsp3) is 0.0909. The number of carbonyl (C=O) groups is 2. The molecule has 3 aromatic rings. The van der Waals surface area contributed by atoms with Gasteiger partial charge in [0.25, 0.3) is 11.8 Å². The van der Waals surface area contributed by atoms with Gasteiger partial charge in [0.15, 0.2) is 0 Å². The highest BCUT2D eigenvalue weighted by atomic mass is 16.5. The zero-order valence-corrected chi connectivity index (χ0v) is 15.6. The maximum absolute atomic E-state index is 12.0. The van der Waals surface area contributed by atoms with E-state index in [1.54, 1.807) is 26.0 Å². The topological polar surface area (TPSA) is 80.6 Å². The summed E-state index contributed by atoms with van der Waals surface area (Å²) in [5.41, 5.74) is 5.87. The SMILES string of the molecule is Cc1cc(C(=O)NNC(=O)/C=C/c2cccc(Oc3ccccc3)c2)c(C)o1. The standard InChI is InChI=1S/C22H20N2O4/c1-15-13-20(16(2)27-15)22(26)24-23-21(25)12-11-17-7-6-10-19(14-17)28-18-8-4-3-5-9-18/h3-14H,1-2H3,(H,23,25)(H,24,26)/b12-11+. The van der Waals surface area contributed by atoms with Crippen molar-refractivity contribution in [2.75, 3.05) is 0 Å². The van der Waals surface area contributed by atoms with Crippen LogP contribution in [-0.4, -0.2) is 11.8 Å². The summed E-state index contributed by atoms with van der Waals surface area (Å²) in [4.78, 5) is 24.0. The van der Waals surface area contributed by atoms with Crippen molar-refractivity contribution in [3.05, 3.63) is 89.4 Å². The van der Waals surface area contributed by atoms with Crippen molar-refractivity contribution in [1.82, 2.24) is 10.9 Å². The van der Waals surface area contributed by atoms with E-state index in [1.165, 1.54) is 6.08 Å². The normalized spacial score (nSPS) is 10.6. The first-order chi connectivity index (χ1) is 13.5. The molecule has 6 nitrogen and oxygen atoms in total. The summed E-state index contributed by atoms with van der Waals surface area (Å²) in [5.74, 6) is 1.62. The molecule has 1 heterocycles. The highest BCUT2D eigenvalue weighted by Gasteiger charge is 2.13. The van der Waals surface area contributed by atoms with Crippen LogP contribution in [0, 0.1) is 13.8 Å². The molecule has 0 saturated heterocycles. The summed E-state index contributed by atoms with van der Waals surface area (Å²) in [7, 11) is 0. The summed E-state index contributed by atoms with van der Waals surface area (Å²) in [5, 5.41) is 0. The number of hydrazine groups is 1. The van der Waals surface area contributed by atoms with Crippen molar-refractivity contribution in [3.63, 3.8) is 0 Å². The van der Waals surface area contributed by atoms with E-state index in [1.807, 2.05) is 54.6 Å². The van der Waals surface area contributed by atoms with Crippen LogP contribution in [0.1, 0.15) is 27.4 Å². The number of furan rings is 1. The lowest BCUT2D eigenvalue weighted by molar-refractivity contribution is -0.117. The number of hydrogen-bond acceptors (Lipinski definition) is 4. The van der Waals surface area contributed by atoms with E-state index in [9.17, 15) is 9.59 Å².